The lowest BCUT2D eigenvalue weighted by atomic mass is 9.81. The Kier molecular flexibility index (Phi) is 4.51. The standard InChI is InChI=1S/C19H20FN7O2S/c1-26-15-9-12-10-22-18(23-14-6-5-13(11-21-14)30(28)29)24-16(12)27(15)19(17(20)25-26)7-3-2-4-8-19/h5-6,9-11H,2-4,7-8H2,1H3,(H,28,29)(H,21,22,23,24). The minimum Gasteiger partial charge on any atom is -0.309 e. The summed E-state index contributed by atoms with van der Waals surface area (Å²) in [7, 11) is 1.73. The summed E-state index contributed by atoms with van der Waals surface area (Å²) >= 11 is -2.09. The smallest absolute Gasteiger partial charge is 0.233 e. The Morgan fingerprint density at radius 1 is 1.20 bits per heavy atom. The monoisotopic (exact) mass is 429 g/mol. The molecule has 0 aromatic carbocycles. The minimum atomic E-state index is -2.09. The number of rotatable bonds is 3. The van der Waals surface area contributed by atoms with Crippen molar-refractivity contribution in [1.29, 1.82) is 0 Å². The molecule has 2 N–H and O–H groups in total. The van der Waals surface area contributed by atoms with Crippen molar-refractivity contribution < 1.29 is 13.2 Å². The summed E-state index contributed by atoms with van der Waals surface area (Å²) in [5.41, 5.74) is -0.173. The first-order valence-electron chi connectivity index (χ1n) is 9.69. The van der Waals surface area contributed by atoms with Crippen LogP contribution in [-0.2, 0) is 16.6 Å². The van der Waals surface area contributed by atoms with Crippen LogP contribution >= 0.6 is 0 Å². The topological polar surface area (TPSA) is 109 Å². The van der Waals surface area contributed by atoms with Crippen molar-refractivity contribution in [1.82, 2.24) is 19.5 Å². The molecule has 1 spiro atoms. The fourth-order valence-electron chi connectivity index (χ4n) is 4.30. The molecule has 11 heteroatoms. The fraction of sp³-hybridized carbons (Fsp3) is 0.368. The van der Waals surface area contributed by atoms with Gasteiger partial charge in [0.25, 0.3) is 0 Å². The van der Waals surface area contributed by atoms with Gasteiger partial charge in [-0.1, -0.05) is 19.3 Å². The van der Waals surface area contributed by atoms with E-state index in [2.05, 4.69) is 25.4 Å². The number of hydrazone groups is 1. The molecule has 1 aliphatic carbocycles. The molecule has 2 aliphatic rings. The molecule has 0 saturated heterocycles. The van der Waals surface area contributed by atoms with Crippen LogP contribution in [-0.4, -0.2) is 41.3 Å². The Hall–Kier alpha value is -2.92. The van der Waals surface area contributed by atoms with E-state index in [4.69, 9.17) is 4.55 Å². The van der Waals surface area contributed by atoms with Crippen LogP contribution < -0.4 is 10.3 Å². The lowest BCUT2D eigenvalue weighted by molar-refractivity contribution is 0.263. The second-order valence-electron chi connectivity index (χ2n) is 7.57. The summed E-state index contributed by atoms with van der Waals surface area (Å²) in [5, 5.41) is 9.50. The zero-order valence-corrected chi connectivity index (χ0v) is 17.1. The quantitative estimate of drug-likeness (QED) is 0.613. The van der Waals surface area contributed by atoms with Crippen LogP contribution in [0.2, 0.25) is 0 Å². The maximum absolute atomic E-state index is 15.2. The Balaban J connectivity index is 1.58. The Morgan fingerprint density at radius 2 is 2.00 bits per heavy atom. The predicted molar refractivity (Wildman–Crippen MR) is 112 cm³/mol. The van der Waals surface area contributed by atoms with Gasteiger partial charge < -0.3 is 9.87 Å². The number of pyridine rings is 1. The van der Waals surface area contributed by atoms with Gasteiger partial charge in [-0.2, -0.15) is 9.37 Å². The van der Waals surface area contributed by atoms with E-state index in [9.17, 15) is 4.21 Å². The van der Waals surface area contributed by atoms with Gasteiger partial charge in [0.05, 0.1) is 4.90 Å². The third-order valence-corrected chi connectivity index (χ3v) is 6.41. The van der Waals surface area contributed by atoms with E-state index in [0.29, 0.717) is 30.3 Å². The Labute approximate surface area is 174 Å². The molecular weight excluding hydrogens is 409 g/mol. The highest BCUT2D eigenvalue weighted by molar-refractivity contribution is 7.79. The molecule has 1 unspecified atom stereocenters. The average Bonchev–Trinajstić information content (AvgIpc) is 3.14. The summed E-state index contributed by atoms with van der Waals surface area (Å²) in [4.78, 5) is 13.3. The first-order chi connectivity index (χ1) is 14.5. The highest BCUT2D eigenvalue weighted by atomic mass is 32.2. The van der Waals surface area contributed by atoms with E-state index in [-0.39, 0.29) is 10.9 Å². The van der Waals surface area contributed by atoms with Gasteiger partial charge in [-0.15, -0.1) is 5.10 Å². The highest BCUT2D eigenvalue weighted by Gasteiger charge is 2.45. The highest BCUT2D eigenvalue weighted by Crippen LogP contribution is 2.45. The van der Waals surface area contributed by atoms with Gasteiger partial charge in [-0.05, 0) is 31.0 Å². The second-order valence-corrected chi connectivity index (χ2v) is 8.54. The number of nitrogens with zero attached hydrogens (tertiary/aromatic N) is 6. The summed E-state index contributed by atoms with van der Waals surface area (Å²) in [6.07, 6.45) is 7.32. The van der Waals surface area contributed by atoms with Crippen LogP contribution in [0, 0.1) is 0 Å². The largest absolute Gasteiger partial charge is 0.309 e. The van der Waals surface area contributed by atoms with Crippen LogP contribution in [0.15, 0.2) is 40.6 Å². The lowest BCUT2D eigenvalue weighted by Crippen LogP contribution is -2.46. The van der Waals surface area contributed by atoms with Crippen molar-refractivity contribution in [3.63, 3.8) is 0 Å². The van der Waals surface area contributed by atoms with Gasteiger partial charge in [-0.25, -0.2) is 19.2 Å². The first-order valence-corrected chi connectivity index (χ1v) is 10.8. The van der Waals surface area contributed by atoms with Gasteiger partial charge >= 0.3 is 0 Å². The van der Waals surface area contributed by atoms with E-state index in [1.807, 2.05) is 10.6 Å². The number of hydrogen-bond donors (Lipinski definition) is 2. The average molecular weight is 429 g/mol. The van der Waals surface area contributed by atoms with Crippen LogP contribution in [0.3, 0.4) is 0 Å². The molecule has 1 saturated carbocycles. The van der Waals surface area contributed by atoms with E-state index in [1.54, 1.807) is 24.3 Å². The van der Waals surface area contributed by atoms with Gasteiger partial charge in [0, 0.05) is 24.8 Å². The third kappa shape index (κ3) is 2.96. The van der Waals surface area contributed by atoms with Crippen molar-refractivity contribution >= 4 is 45.7 Å². The molecule has 3 aromatic rings. The normalized spacial score (nSPS) is 18.9. The van der Waals surface area contributed by atoms with E-state index in [1.165, 1.54) is 12.3 Å². The van der Waals surface area contributed by atoms with Gasteiger partial charge in [0.15, 0.2) is 11.1 Å². The summed E-state index contributed by atoms with van der Waals surface area (Å²) in [6.45, 7) is 0. The van der Waals surface area contributed by atoms with Gasteiger partial charge in [-0.3, -0.25) is 4.57 Å². The first kappa shape index (κ1) is 19.1. The zero-order valence-electron chi connectivity index (χ0n) is 16.2. The predicted octanol–water partition coefficient (Wildman–Crippen LogP) is 3.54. The third-order valence-electron chi connectivity index (χ3n) is 5.76. The summed E-state index contributed by atoms with van der Waals surface area (Å²) in [6, 6.07) is 5.00. The summed E-state index contributed by atoms with van der Waals surface area (Å²) in [5.74, 6) is 1.15. The number of hydrogen-bond acceptors (Lipinski definition) is 7. The van der Waals surface area contributed by atoms with Crippen molar-refractivity contribution in [2.75, 3.05) is 17.4 Å². The molecule has 3 aromatic heterocycles. The fourth-order valence-corrected chi connectivity index (χ4v) is 4.63. The SMILES string of the molecule is CN1N=C(F)C2(CCCCC2)n2c1cc1cnc(Nc3ccc(S(=O)O)cn3)nc12. The molecule has 156 valence electrons. The molecule has 1 atom stereocenters. The van der Waals surface area contributed by atoms with Gasteiger partial charge in [0.2, 0.25) is 11.9 Å². The Morgan fingerprint density at radius 3 is 2.70 bits per heavy atom. The lowest BCUT2D eigenvalue weighted by Gasteiger charge is -2.41. The molecule has 0 bridgehead atoms. The molecule has 9 nitrogen and oxygen atoms in total. The maximum Gasteiger partial charge on any atom is 0.233 e. The van der Waals surface area contributed by atoms with E-state index >= 15 is 4.39 Å². The van der Waals surface area contributed by atoms with Crippen molar-refractivity contribution in [2.45, 2.75) is 42.5 Å². The maximum atomic E-state index is 15.2. The molecule has 30 heavy (non-hydrogen) atoms. The number of halogens is 1. The molecule has 0 radical (unpaired) electrons. The summed E-state index contributed by atoms with van der Waals surface area (Å²) < 4.78 is 37.4. The number of aromatic nitrogens is 4. The van der Waals surface area contributed by atoms with Crippen molar-refractivity contribution in [3.05, 3.63) is 30.6 Å². The van der Waals surface area contributed by atoms with Crippen LogP contribution in [0.1, 0.15) is 32.1 Å². The minimum absolute atomic E-state index is 0.203. The van der Waals surface area contributed by atoms with Crippen LogP contribution in [0.25, 0.3) is 11.0 Å². The zero-order chi connectivity index (χ0) is 20.9. The molecule has 1 fully saturated rings. The molecule has 4 heterocycles. The second kappa shape index (κ2) is 7.10. The van der Waals surface area contributed by atoms with Crippen molar-refractivity contribution in [3.8, 4) is 0 Å². The molecular formula is C19H20FN7O2S. The molecule has 0 amide bonds. The van der Waals surface area contributed by atoms with Gasteiger partial charge in [0.1, 0.15) is 22.8 Å². The van der Waals surface area contributed by atoms with Crippen molar-refractivity contribution in [2.24, 2.45) is 5.10 Å². The Bertz CT molecular complexity index is 1170. The van der Waals surface area contributed by atoms with Crippen LogP contribution in [0.5, 0.6) is 0 Å². The number of fused-ring (bicyclic) bond motifs is 4. The number of nitrogens with one attached hydrogen (secondary N) is 1. The van der Waals surface area contributed by atoms with E-state index < -0.39 is 16.6 Å². The molecule has 1 aliphatic heterocycles. The number of anilines is 3. The van der Waals surface area contributed by atoms with Crippen LogP contribution in [0.4, 0.5) is 22.0 Å². The molecule has 5 rings (SSSR count). The van der Waals surface area contributed by atoms with E-state index in [0.717, 1.165) is 30.5 Å².